The SMILES string of the molecule is FC1C=CC(C2NCCC=C2C2CCc3[nH]sc3N2)CC1Cl. The number of hydrogen-bond donors (Lipinski definition) is 3. The molecule has 3 heterocycles. The lowest BCUT2D eigenvalue weighted by atomic mass is 9.79. The number of H-pyrrole nitrogens is 1. The number of rotatable bonds is 2. The van der Waals surface area contributed by atoms with Crippen LogP contribution in [-0.2, 0) is 6.42 Å². The van der Waals surface area contributed by atoms with Crippen molar-refractivity contribution in [2.45, 2.75) is 49.3 Å². The molecule has 0 saturated carbocycles. The second-order valence-electron chi connectivity index (χ2n) is 6.42. The van der Waals surface area contributed by atoms with Crippen molar-refractivity contribution in [3.63, 3.8) is 0 Å². The summed E-state index contributed by atoms with van der Waals surface area (Å²) in [6, 6.07) is 0.660. The molecule has 0 spiro atoms. The largest absolute Gasteiger partial charge is 0.368 e. The number of aryl methyl sites for hydroxylation is 1. The van der Waals surface area contributed by atoms with Crippen LogP contribution in [-0.4, -0.2) is 34.6 Å². The Kier molecular flexibility index (Phi) is 4.05. The summed E-state index contributed by atoms with van der Waals surface area (Å²) in [4.78, 5) is 0. The lowest BCUT2D eigenvalue weighted by molar-refractivity contribution is 0.311. The van der Waals surface area contributed by atoms with E-state index in [9.17, 15) is 4.39 Å². The van der Waals surface area contributed by atoms with Gasteiger partial charge in [0.25, 0.3) is 0 Å². The van der Waals surface area contributed by atoms with Crippen LogP contribution in [0.5, 0.6) is 0 Å². The highest BCUT2D eigenvalue weighted by Crippen LogP contribution is 2.37. The number of anilines is 1. The number of alkyl halides is 2. The van der Waals surface area contributed by atoms with Gasteiger partial charge in [-0.3, -0.25) is 0 Å². The van der Waals surface area contributed by atoms with Crippen molar-refractivity contribution >= 4 is 28.1 Å². The third-order valence-corrected chi connectivity index (χ3v) is 6.34. The maximum absolute atomic E-state index is 13.6. The zero-order chi connectivity index (χ0) is 15.1. The van der Waals surface area contributed by atoms with Crippen molar-refractivity contribution in [1.82, 2.24) is 9.69 Å². The van der Waals surface area contributed by atoms with Crippen molar-refractivity contribution in [3.8, 4) is 0 Å². The van der Waals surface area contributed by atoms with Crippen molar-refractivity contribution in [1.29, 1.82) is 0 Å². The van der Waals surface area contributed by atoms with Crippen molar-refractivity contribution in [2.75, 3.05) is 11.9 Å². The molecule has 4 rings (SSSR count). The molecule has 2 aliphatic heterocycles. The van der Waals surface area contributed by atoms with Gasteiger partial charge >= 0.3 is 0 Å². The summed E-state index contributed by atoms with van der Waals surface area (Å²) < 4.78 is 16.9. The minimum Gasteiger partial charge on any atom is -0.368 e. The van der Waals surface area contributed by atoms with Gasteiger partial charge in [-0.05, 0) is 55.3 Å². The summed E-state index contributed by atoms with van der Waals surface area (Å²) in [5, 5.41) is 8.18. The Balaban J connectivity index is 1.53. The molecular weight excluding hydrogens is 321 g/mol. The monoisotopic (exact) mass is 341 g/mol. The summed E-state index contributed by atoms with van der Waals surface area (Å²) in [6.45, 7) is 0.988. The number of aromatic amines is 1. The predicted molar refractivity (Wildman–Crippen MR) is 90.7 cm³/mol. The lowest BCUT2D eigenvalue weighted by Gasteiger charge is -2.39. The molecule has 0 amide bonds. The van der Waals surface area contributed by atoms with Crippen molar-refractivity contribution in [2.24, 2.45) is 5.92 Å². The van der Waals surface area contributed by atoms with Crippen LogP contribution in [0.2, 0.25) is 0 Å². The molecule has 1 aromatic rings. The number of hydrogen-bond acceptors (Lipinski definition) is 3. The highest BCUT2D eigenvalue weighted by molar-refractivity contribution is 7.11. The molecule has 0 saturated heterocycles. The van der Waals surface area contributed by atoms with Crippen LogP contribution in [0.4, 0.5) is 9.39 Å². The molecule has 5 atom stereocenters. The molecule has 0 radical (unpaired) electrons. The van der Waals surface area contributed by atoms with Crippen LogP contribution in [0, 0.1) is 5.92 Å². The number of fused-ring (bicyclic) bond motifs is 1. The smallest absolute Gasteiger partial charge is 0.135 e. The van der Waals surface area contributed by atoms with Crippen LogP contribution in [0.1, 0.15) is 25.0 Å². The highest BCUT2D eigenvalue weighted by atomic mass is 35.5. The Hall–Kier alpha value is -0.780. The molecular formula is C16H21ClFN3S. The molecule has 1 aliphatic carbocycles. The first-order chi connectivity index (χ1) is 10.7. The van der Waals surface area contributed by atoms with Gasteiger partial charge in [0.05, 0.1) is 17.1 Å². The molecule has 1 aromatic heterocycles. The van der Waals surface area contributed by atoms with E-state index in [1.165, 1.54) is 16.3 Å². The summed E-state index contributed by atoms with van der Waals surface area (Å²) in [7, 11) is 0. The summed E-state index contributed by atoms with van der Waals surface area (Å²) in [6.07, 6.45) is 9.01. The van der Waals surface area contributed by atoms with Gasteiger partial charge in [-0.1, -0.05) is 18.2 Å². The highest BCUT2D eigenvalue weighted by Gasteiger charge is 2.35. The molecule has 5 unspecified atom stereocenters. The van der Waals surface area contributed by atoms with E-state index in [0.717, 1.165) is 25.8 Å². The molecule has 6 heteroatoms. The number of allylic oxidation sites excluding steroid dienone is 1. The van der Waals surface area contributed by atoms with Crippen LogP contribution in [0.15, 0.2) is 23.8 Å². The molecule has 3 aliphatic rings. The van der Waals surface area contributed by atoms with Gasteiger partial charge in [-0.2, -0.15) is 0 Å². The average Bonchev–Trinajstić information content (AvgIpc) is 2.51. The fourth-order valence-corrected chi connectivity index (χ4v) is 4.83. The van der Waals surface area contributed by atoms with E-state index in [1.807, 2.05) is 6.08 Å². The van der Waals surface area contributed by atoms with Crippen LogP contribution in [0.25, 0.3) is 0 Å². The Morgan fingerprint density at radius 3 is 2.95 bits per heavy atom. The zero-order valence-corrected chi connectivity index (χ0v) is 13.9. The molecule has 120 valence electrons. The summed E-state index contributed by atoms with van der Waals surface area (Å²) in [5.74, 6) is 0.283. The minimum atomic E-state index is -1.01. The van der Waals surface area contributed by atoms with Gasteiger partial charge in [0.1, 0.15) is 11.2 Å². The Morgan fingerprint density at radius 1 is 1.32 bits per heavy atom. The molecule has 0 aromatic carbocycles. The van der Waals surface area contributed by atoms with E-state index in [1.54, 1.807) is 17.6 Å². The Labute approximate surface area is 139 Å². The van der Waals surface area contributed by atoms with Crippen LogP contribution < -0.4 is 10.6 Å². The standard InChI is InChI=1S/C16H21ClFN3S/c17-11-8-9(3-4-12(11)18)15-10(2-1-7-19-15)13-5-6-14-16(20-13)22-21-14/h2-4,9,11-13,15,19-21H,1,5-8H2. The fourth-order valence-electron chi connectivity index (χ4n) is 3.79. The topological polar surface area (TPSA) is 39.9 Å². The van der Waals surface area contributed by atoms with Gasteiger partial charge in [-0.25, -0.2) is 4.39 Å². The van der Waals surface area contributed by atoms with E-state index in [2.05, 4.69) is 21.1 Å². The van der Waals surface area contributed by atoms with E-state index < -0.39 is 11.5 Å². The minimum absolute atomic E-state index is 0.274. The fraction of sp³-hybridized carbons (Fsp3) is 0.625. The van der Waals surface area contributed by atoms with Gasteiger partial charge in [-0.15, -0.1) is 11.6 Å². The Morgan fingerprint density at radius 2 is 2.23 bits per heavy atom. The molecule has 3 nitrogen and oxygen atoms in total. The molecule has 0 fully saturated rings. The van der Waals surface area contributed by atoms with E-state index in [0.29, 0.717) is 12.5 Å². The maximum Gasteiger partial charge on any atom is 0.135 e. The molecule has 0 bridgehead atoms. The second kappa shape index (κ2) is 6.02. The van der Waals surface area contributed by atoms with E-state index in [4.69, 9.17) is 11.6 Å². The molecule has 3 N–H and O–H groups in total. The molecule has 22 heavy (non-hydrogen) atoms. The average molecular weight is 342 g/mol. The number of aromatic nitrogens is 1. The Bertz CT molecular complexity index is 593. The quantitative estimate of drug-likeness (QED) is 0.568. The van der Waals surface area contributed by atoms with Gasteiger partial charge < -0.3 is 15.0 Å². The first-order valence-electron chi connectivity index (χ1n) is 8.04. The number of halogens is 2. The first-order valence-corrected chi connectivity index (χ1v) is 9.30. The zero-order valence-electron chi connectivity index (χ0n) is 12.3. The lowest BCUT2D eigenvalue weighted by Crippen LogP contribution is -2.47. The number of nitrogens with one attached hydrogen (secondary N) is 3. The van der Waals surface area contributed by atoms with E-state index in [-0.39, 0.29) is 12.0 Å². The maximum atomic E-state index is 13.6. The first kappa shape index (κ1) is 14.8. The third kappa shape index (κ3) is 2.63. The second-order valence-corrected chi connectivity index (χ2v) is 7.79. The van der Waals surface area contributed by atoms with Crippen molar-refractivity contribution < 1.29 is 4.39 Å². The van der Waals surface area contributed by atoms with Crippen LogP contribution >= 0.6 is 23.1 Å². The van der Waals surface area contributed by atoms with Crippen LogP contribution in [0.3, 0.4) is 0 Å². The normalized spacial score (nSPS) is 38.3. The van der Waals surface area contributed by atoms with E-state index >= 15 is 0 Å². The third-order valence-electron chi connectivity index (χ3n) is 5.00. The van der Waals surface area contributed by atoms with Crippen molar-refractivity contribution in [3.05, 3.63) is 29.5 Å². The summed E-state index contributed by atoms with van der Waals surface area (Å²) in [5.41, 5.74) is 2.78. The van der Waals surface area contributed by atoms with Gasteiger partial charge in [0.15, 0.2) is 0 Å². The summed E-state index contributed by atoms with van der Waals surface area (Å²) >= 11 is 7.84. The van der Waals surface area contributed by atoms with Gasteiger partial charge in [0, 0.05) is 6.04 Å². The predicted octanol–water partition coefficient (Wildman–Crippen LogP) is 3.61. The van der Waals surface area contributed by atoms with Gasteiger partial charge in [0.2, 0.25) is 0 Å².